The lowest BCUT2D eigenvalue weighted by Gasteiger charge is -2.10. The molecule has 0 amide bonds. The minimum Gasteiger partial charge on any atom is -0.383 e. The standard InChI is InChI=1S/C21H18N4O2/c1-2-3-14-4-6-16(7-5-14)20-12-18(19(13-22)21(23)24-20)15-8-10-17(11-9-15)25(26)27/h4-12H,2-3H2,1H3,(H2,23,24). The van der Waals surface area contributed by atoms with Gasteiger partial charge in [-0.2, -0.15) is 5.26 Å². The van der Waals surface area contributed by atoms with Gasteiger partial charge in [0.15, 0.2) is 0 Å². The van der Waals surface area contributed by atoms with Crippen LogP contribution in [0.2, 0.25) is 0 Å². The van der Waals surface area contributed by atoms with Crippen molar-refractivity contribution < 1.29 is 4.92 Å². The van der Waals surface area contributed by atoms with Gasteiger partial charge in [-0.05, 0) is 35.7 Å². The Hall–Kier alpha value is -3.72. The Morgan fingerprint density at radius 3 is 2.30 bits per heavy atom. The normalized spacial score (nSPS) is 10.4. The fourth-order valence-corrected chi connectivity index (χ4v) is 2.95. The number of hydrogen-bond donors (Lipinski definition) is 1. The summed E-state index contributed by atoms with van der Waals surface area (Å²) in [5.41, 5.74) is 10.4. The van der Waals surface area contributed by atoms with Crippen LogP contribution in [0.5, 0.6) is 0 Å². The maximum atomic E-state index is 10.9. The summed E-state index contributed by atoms with van der Waals surface area (Å²) < 4.78 is 0. The lowest BCUT2D eigenvalue weighted by atomic mass is 9.97. The maximum absolute atomic E-state index is 10.9. The van der Waals surface area contributed by atoms with Gasteiger partial charge in [-0.25, -0.2) is 4.98 Å². The molecule has 0 saturated heterocycles. The van der Waals surface area contributed by atoms with Gasteiger partial charge in [0.1, 0.15) is 17.5 Å². The first kappa shape index (κ1) is 18.1. The number of nitrogen functional groups attached to an aromatic ring is 1. The number of nitro benzene ring substituents is 1. The molecule has 2 aromatic carbocycles. The smallest absolute Gasteiger partial charge is 0.269 e. The lowest BCUT2D eigenvalue weighted by Crippen LogP contribution is -2.00. The van der Waals surface area contributed by atoms with Crippen molar-refractivity contribution in [2.75, 3.05) is 5.73 Å². The summed E-state index contributed by atoms with van der Waals surface area (Å²) in [6.45, 7) is 2.13. The Morgan fingerprint density at radius 2 is 1.74 bits per heavy atom. The second kappa shape index (κ2) is 7.67. The molecular weight excluding hydrogens is 340 g/mol. The molecule has 0 unspecified atom stereocenters. The summed E-state index contributed by atoms with van der Waals surface area (Å²) in [6, 6.07) is 18.0. The number of nitrogens with zero attached hydrogens (tertiary/aromatic N) is 3. The number of anilines is 1. The van der Waals surface area contributed by atoms with Crippen LogP contribution in [0.15, 0.2) is 54.6 Å². The van der Waals surface area contributed by atoms with Gasteiger partial charge in [-0.15, -0.1) is 0 Å². The first-order valence-corrected chi connectivity index (χ1v) is 8.58. The molecule has 134 valence electrons. The molecule has 0 fully saturated rings. The molecule has 2 N–H and O–H groups in total. The van der Waals surface area contributed by atoms with Crippen LogP contribution in [0, 0.1) is 21.4 Å². The van der Waals surface area contributed by atoms with Gasteiger partial charge in [-0.3, -0.25) is 10.1 Å². The molecule has 3 rings (SSSR count). The Morgan fingerprint density at radius 1 is 1.11 bits per heavy atom. The van der Waals surface area contributed by atoms with E-state index in [-0.39, 0.29) is 17.1 Å². The zero-order chi connectivity index (χ0) is 19.4. The highest BCUT2D eigenvalue weighted by molar-refractivity contribution is 5.80. The highest BCUT2D eigenvalue weighted by atomic mass is 16.6. The van der Waals surface area contributed by atoms with Crippen molar-refractivity contribution in [3.8, 4) is 28.5 Å². The van der Waals surface area contributed by atoms with E-state index in [1.54, 1.807) is 18.2 Å². The highest BCUT2D eigenvalue weighted by Gasteiger charge is 2.14. The molecule has 1 heterocycles. The summed E-state index contributed by atoms with van der Waals surface area (Å²) in [4.78, 5) is 14.8. The van der Waals surface area contributed by atoms with E-state index < -0.39 is 4.92 Å². The minimum absolute atomic E-state index is 0.00831. The van der Waals surface area contributed by atoms with E-state index >= 15 is 0 Å². The monoisotopic (exact) mass is 358 g/mol. The molecule has 0 aliphatic heterocycles. The van der Waals surface area contributed by atoms with Crippen LogP contribution in [-0.4, -0.2) is 9.91 Å². The van der Waals surface area contributed by atoms with Crippen molar-refractivity contribution in [2.45, 2.75) is 19.8 Å². The van der Waals surface area contributed by atoms with E-state index in [1.807, 2.05) is 12.1 Å². The Bertz CT molecular complexity index is 1020. The maximum Gasteiger partial charge on any atom is 0.269 e. The number of nitriles is 1. The molecule has 1 aromatic heterocycles. The van der Waals surface area contributed by atoms with E-state index in [0.717, 1.165) is 18.4 Å². The van der Waals surface area contributed by atoms with Crippen LogP contribution in [0.25, 0.3) is 22.4 Å². The van der Waals surface area contributed by atoms with Gasteiger partial charge in [0.2, 0.25) is 0 Å². The molecule has 6 nitrogen and oxygen atoms in total. The quantitative estimate of drug-likeness (QED) is 0.524. The average molecular weight is 358 g/mol. The zero-order valence-electron chi connectivity index (χ0n) is 14.8. The predicted molar refractivity (Wildman–Crippen MR) is 105 cm³/mol. The summed E-state index contributed by atoms with van der Waals surface area (Å²) in [5.74, 6) is 0.140. The largest absolute Gasteiger partial charge is 0.383 e. The highest BCUT2D eigenvalue weighted by Crippen LogP contribution is 2.32. The van der Waals surface area contributed by atoms with Gasteiger partial charge in [0.05, 0.1) is 10.6 Å². The Balaban J connectivity index is 2.08. The predicted octanol–water partition coefficient (Wildman–Crippen LogP) is 4.73. The number of pyridine rings is 1. The molecule has 0 aliphatic carbocycles. The summed E-state index contributed by atoms with van der Waals surface area (Å²) in [7, 11) is 0. The van der Waals surface area contributed by atoms with Crippen molar-refractivity contribution in [1.82, 2.24) is 4.98 Å². The number of non-ortho nitro benzene ring substituents is 1. The van der Waals surface area contributed by atoms with Crippen LogP contribution >= 0.6 is 0 Å². The van der Waals surface area contributed by atoms with Crippen LogP contribution in [0.1, 0.15) is 24.5 Å². The minimum atomic E-state index is -0.459. The van der Waals surface area contributed by atoms with Crippen LogP contribution in [-0.2, 0) is 6.42 Å². The molecule has 0 saturated carbocycles. The van der Waals surface area contributed by atoms with E-state index in [2.05, 4.69) is 30.1 Å². The Labute approximate surface area is 157 Å². The van der Waals surface area contributed by atoms with Gasteiger partial charge in [0.25, 0.3) is 5.69 Å². The summed E-state index contributed by atoms with van der Waals surface area (Å²) in [5, 5.41) is 20.3. The molecule has 0 aliphatic rings. The number of benzene rings is 2. The van der Waals surface area contributed by atoms with Gasteiger partial charge in [0, 0.05) is 23.3 Å². The van der Waals surface area contributed by atoms with Crippen molar-refractivity contribution >= 4 is 11.5 Å². The van der Waals surface area contributed by atoms with E-state index in [1.165, 1.54) is 17.7 Å². The second-order valence-corrected chi connectivity index (χ2v) is 6.18. The SMILES string of the molecule is CCCc1ccc(-c2cc(-c3ccc([N+](=O)[O-])cc3)c(C#N)c(N)n2)cc1. The third-order valence-corrected chi connectivity index (χ3v) is 4.34. The van der Waals surface area contributed by atoms with Crippen LogP contribution < -0.4 is 5.73 Å². The summed E-state index contributed by atoms with van der Waals surface area (Å²) in [6.07, 6.45) is 2.09. The van der Waals surface area contributed by atoms with Crippen LogP contribution in [0.3, 0.4) is 0 Å². The topological polar surface area (TPSA) is 106 Å². The van der Waals surface area contributed by atoms with E-state index in [4.69, 9.17) is 5.73 Å². The lowest BCUT2D eigenvalue weighted by molar-refractivity contribution is -0.384. The third kappa shape index (κ3) is 3.77. The zero-order valence-corrected chi connectivity index (χ0v) is 14.8. The molecule has 6 heteroatoms. The van der Waals surface area contributed by atoms with E-state index in [0.29, 0.717) is 16.8 Å². The molecule has 0 atom stereocenters. The van der Waals surface area contributed by atoms with E-state index in [9.17, 15) is 15.4 Å². The molecule has 0 spiro atoms. The number of aromatic nitrogens is 1. The number of rotatable bonds is 5. The number of hydrogen-bond acceptors (Lipinski definition) is 5. The first-order chi connectivity index (χ1) is 13.0. The third-order valence-electron chi connectivity index (χ3n) is 4.34. The molecule has 0 radical (unpaired) electrons. The molecule has 27 heavy (non-hydrogen) atoms. The molecule has 0 bridgehead atoms. The fourth-order valence-electron chi connectivity index (χ4n) is 2.95. The van der Waals surface area contributed by atoms with Crippen molar-refractivity contribution in [3.05, 3.63) is 75.8 Å². The Kier molecular flexibility index (Phi) is 5.13. The fraction of sp³-hybridized carbons (Fsp3) is 0.143. The number of nitro groups is 1. The number of aryl methyl sites for hydroxylation is 1. The number of nitrogens with two attached hydrogens (primary N) is 1. The summed E-state index contributed by atoms with van der Waals surface area (Å²) >= 11 is 0. The van der Waals surface area contributed by atoms with Gasteiger partial charge >= 0.3 is 0 Å². The molecule has 3 aromatic rings. The van der Waals surface area contributed by atoms with Gasteiger partial charge in [-0.1, -0.05) is 37.6 Å². The van der Waals surface area contributed by atoms with Crippen molar-refractivity contribution in [1.29, 1.82) is 5.26 Å². The average Bonchev–Trinajstić information content (AvgIpc) is 2.68. The van der Waals surface area contributed by atoms with Crippen LogP contribution in [0.4, 0.5) is 11.5 Å². The van der Waals surface area contributed by atoms with Gasteiger partial charge < -0.3 is 5.73 Å². The molecular formula is C21H18N4O2. The second-order valence-electron chi connectivity index (χ2n) is 6.18. The van der Waals surface area contributed by atoms with Crippen molar-refractivity contribution in [2.24, 2.45) is 0 Å². The first-order valence-electron chi connectivity index (χ1n) is 8.58. The van der Waals surface area contributed by atoms with Crippen molar-refractivity contribution in [3.63, 3.8) is 0 Å².